The Labute approximate surface area is 120 Å². The first kappa shape index (κ1) is 15.7. The van der Waals surface area contributed by atoms with Gasteiger partial charge in [-0.1, -0.05) is 35.8 Å². The highest BCUT2D eigenvalue weighted by atomic mass is 79.9. The zero-order valence-electron chi connectivity index (χ0n) is 12.4. The third kappa shape index (κ3) is 4.40. The highest BCUT2D eigenvalue weighted by Gasteiger charge is 2.08. The average molecular weight is 312 g/mol. The SMILES string of the molecule is Cc1cc(C)c(CCCCNC(C)C)c(C)c1Br. The van der Waals surface area contributed by atoms with E-state index in [2.05, 4.69) is 61.9 Å². The maximum Gasteiger partial charge on any atom is 0.0236 e. The third-order valence-electron chi connectivity index (χ3n) is 3.44. The van der Waals surface area contributed by atoms with E-state index in [1.807, 2.05) is 0 Å². The normalized spacial score (nSPS) is 11.3. The predicted molar refractivity (Wildman–Crippen MR) is 84.4 cm³/mol. The summed E-state index contributed by atoms with van der Waals surface area (Å²) in [6.07, 6.45) is 3.70. The number of unbranched alkanes of at least 4 members (excludes halogenated alkanes) is 1. The predicted octanol–water partition coefficient (Wildman–Crippen LogP) is 4.70. The van der Waals surface area contributed by atoms with Crippen molar-refractivity contribution < 1.29 is 0 Å². The smallest absolute Gasteiger partial charge is 0.0236 e. The number of halogens is 1. The molecule has 0 atom stereocenters. The van der Waals surface area contributed by atoms with Gasteiger partial charge in [0.05, 0.1) is 0 Å². The fourth-order valence-corrected chi connectivity index (χ4v) is 2.76. The molecule has 0 unspecified atom stereocenters. The fourth-order valence-electron chi connectivity index (χ4n) is 2.40. The summed E-state index contributed by atoms with van der Waals surface area (Å²) >= 11 is 3.69. The molecule has 1 aromatic rings. The lowest BCUT2D eigenvalue weighted by Gasteiger charge is -2.14. The minimum absolute atomic E-state index is 0.599. The van der Waals surface area contributed by atoms with Gasteiger partial charge in [-0.05, 0) is 68.8 Å². The summed E-state index contributed by atoms with van der Waals surface area (Å²) in [5, 5.41) is 3.47. The van der Waals surface area contributed by atoms with E-state index in [-0.39, 0.29) is 0 Å². The van der Waals surface area contributed by atoms with Crippen molar-refractivity contribution in [2.24, 2.45) is 0 Å². The van der Waals surface area contributed by atoms with E-state index < -0.39 is 0 Å². The van der Waals surface area contributed by atoms with E-state index in [1.54, 1.807) is 0 Å². The average Bonchev–Trinajstić information content (AvgIpc) is 2.29. The number of hydrogen-bond donors (Lipinski definition) is 1. The number of rotatable bonds is 6. The lowest BCUT2D eigenvalue weighted by molar-refractivity contribution is 0.557. The largest absolute Gasteiger partial charge is 0.315 e. The third-order valence-corrected chi connectivity index (χ3v) is 4.66. The lowest BCUT2D eigenvalue weighted by Crippen LogP contribution is -2.23. The Morgan fingerprint density at radius 1 is 1.11 bits per heavy atom. The summed E-state index contributed by atoms with van der Waals surface area (Å²) in [4.78, 5) is 0. The summed E-state index contributed by atoms with van der Waals surface area (Å²) in [5.41, 5.74) is 5.72. The zero-order chi connectivity index (χ0) is 13.7. The monoisotopic (exact) mass is 311 g/mol. The van der Waals surface area contributed by atoms with Gasteiger partial charge in [-0.2, -0.15) is 0 Å². The van der Waals surface area contributed by atoms with Crippen LogP contribution in [0.2, 0.25) is 0 Å². The zero-order valence-corrected chi connectivity index (χ0v) is 13.9. The molecule has 0 saturated heterocycles. The molecule has 0 aliphatic carbocycles. The summed E-state index contributed by atoms with van der Waals surface area (Å²) < 4.78 is 1.28. The first-order chi connectivity index (χ1) is 8.43. The van der Waals surface area contributed by atoms with E-state index in [1.165, 1.54) is 46.0 Å². The molecule has 1 rings (SSSR count). The minimum atomic E-state index is 0.599. The van der Waals surface area contributed by atoms with Crippen molar-refractivity contribution >= 4 is 15.9 Å². The van der Waals surface area contributed by atoms with Crippen LogP contribution in [-0.4, -0.2) is 12.6 Å². The van der Waals surface area contributed by atoms with Crippen LogP contribution in [0, 0.1) is 20.8 Å². The Balaban J connectivity index is 2.55. The van der Waals surface area contributed by atoms with Gasteiger partial charge in [0, 0.05) is 10.5 Å². The van der Waals surface area contributed by atoms with Crippen molar-refractivity contribution in [2.75, 3.05) is 6.54 Å². The van der Waals surface area contributed by atoms with E-state index in [9.17, 15) is 0 Å². The van der Waals surface area contributed by atoms with Gasteiger partial charge < -0.3 is 5.32 Å². The Morgan fingerprint density at radius 3 is 2.39 bits per heavy atom. The molecule has 0 bridgehead atoms. The molecule has 0 fully saturated rings. The number of aryl methyl sites for hydroxylation is 2. The van der Waals surface area contributed by atoms with Crippen LogP contribution in [0.5, 0.6) is 0 Å². The highest BCUT2D eigenvalue weighted by molar-refractivity contribution is 9.10. The maximum atomic E-state index is 3.69. The van der Waals surface area contributed by atoms with Crippen molar-refractivity contribution in [2.45, 2.75) is 59.9 Å². The Morgan fingerprint density at radius 2 is 1.78 bits per heavy atom. The van der Waals surface area contributed by atoms with Crippen LogP contribution in [0.1, 0.15) is 48.9 Å². The molecule has 102 valence electrons. The molecule has 0 aliphatic heterocycles. The van der Waals surface area contributed by atoms with Crippen LogP contribution >= 0.6 is 15.9 Å². The van der Waals surface area contributed by atoms with Gasteiger partial charge in [-0.3, -0.25) is 0 Å². The molecule has 1 N–H and O–H groups in total. The quantitative estimate of drug-likeness (QED) is 0.751. The van der Waals surface area contributed by atoms with Crippen LogP contribution in [0.3, 0.4) is 0 Å². The standard InChI is InChI=1S/C16H26BrN/c1-11(2)18-9-7-6-8-15-12(3)10-13(4)16(17)14(15)5/h10-11,18H,6-9H2,1-5H3. The van der Waals surface area contributed by atoms with Crippen molar-refractivity contribution in [3.8, 4) is 0 Å². The Hall–Kier alpha value is -0.340. The van der Waals surface area contributed by atoms with Gasteiger partial charge in [0.1, 0.15) is 0 Å². The van der Waals surface area contributed by atoms with Gasteiger partial charge in [-0.15, -0.1) is 0 Å². The molecule has 0 heterocycles. The molecule has 0 aromatic heterocycles. The molecule has 0 amide bonds. The molecule has 0 radical (unpaired) electrons. The summed E-state index contributed by atoms with van der Waals surface area (Å²) in [7, 11) is 0. The second-order valence-electron chi connectivity index (χ2n) is 5.49. The van der Waals surface area contributed by atoms with Crippen LogP contribution in [0.15, 0.2) is 10.5 Å². The van der Waals surface area contributed by atoms with Crippen LogP contribution in [0.25, 0.3) is 0 Å². The molecular formula is C16H26BrN. The summed E-state index contributed by atoms with van der Waals surface area (Å²) in [6.45, 7) is 12.2. The molecule has 2 heteroatoms. The molecule has 18 heavy (non-hydrogen) atoms. The Bertz CT molecular complexity index is 397. The van der Waals surface area contributed by atoms with Crippen molar-refractivity contribution in [3.63, 3.8) is 0 Å². The topological polar surface area (TPSA) is 12.0 Å². The van der Waals surface area contributed by atoms with E-state index in [0.29, 0.717) is 6.04 Å². The van der Waals surface area contributed by atoms with Gasteiger partial charge in [0.25, 0.3) is 0 Å². The second kappa shape index (κ2) is 7.30. The second-order valence-corrected chi connectivity index (χ2v) is 6.29. The molecule has 1 nitrogen and oxygen atoms in total. The van der Waals surface area contributed by atoms with Crippen molar-refractivity contribution in [3.05, 3.63) is 32.8 Å². The maximum absolute atomic E-state index is 3.69. The lowest BCUT2D eigenvalue weighted by atomic mass is 9.95. The van der Waals surface area contributed by atoms with Gasteiger partial charge in [0.2, 0.25) is 0 Å². The molecule has 0 saturated carbocycles. The van der Waals surface area contributed by atoms with Gasteiger partial charge in [-0.25, -0.2) is 0 Å². The van der Waals surface area contributed by atoms with Crippen LogP contribution in [0.4, 0.5) is 0 Å². The van der Waals surface area contributed by atoms with Crippen molar-refractivity contribution in [1.82, 2.24) is 5.32 Å². The van der Waals surface area contributed by atoms with Crippen molar-refractivity contribution in [1.29, 1.82) is 0 Å². The first-order valence-electron chi connectivity index (χ1n) is 6.92. The van der Waals surface area contributed by atoms with Gasteiger partial charge in [0.15, 0.2) is 0 Å². The summed E-state index contributed by atoms with van der Waals surface area (Å²) in [5.74, 6) is 0. The van der Waals surface area contributed by atoms with Gasteiger partial charge >= 0.3 is 0 Å². The van der Waals surface area contributed by atoms with Crippen LogP contribution < -0.4 is 5.32 Å². The molecule has 0 spiro atoms. The van der Waals surface area contributed by atoms with E-state index >= 15 is 0 Å². The first-order valence-corrected chi connectivity index (χ1v) is 7.71. The highest BCUT2D eigenvalue weighted by Crippen LogP contribution is 2.27. The van der Waals surface area contributed by atoms with Crippen LogP contribution in [-0.2, 0) is 6.42 Å². The minimum Gasteiger partial charge on any atom is -0.315 e. The number of hydrogen-bond acceptors (Lipinski definition) is 1. The summed E-state index contributed by atoms with van der Waals surface area (Å²) in [6, 6.07) is 2.89. The fraction of sp³-hybridized carbons (Fsp3) is 0.625. The van der Waals surface area contributed by atoms with E-state index in [4.69, 9.17) is 0 Å². The molecular weight excluding hydrogens is 286 g/mol. The van der Waals surface area contributed by atoms with E-state index in [0.717, 1.165) is 6.54 Å². The number of nitrogens with one attached hydrogen (secondary N) is 1. The Kier molecular flexibility index (Phi) is 6.37. The molecule has 0 aliphatic rings. The molecule has 1 aromatic carbocycles. The number of benzene rings is 1.